The van der Waals surface area contributed by atoms with Gasteiger partial charge in [-0.15, -0.1) is 0 Å². The lowest BCUT2D eigenvalue weighted by Gasteiger charge is -2.09. The van der Waals surface area contributed by atoms with Crippen molar-refractivity contribution < 1.29 is 9.53 Å². The number of rotatable bonds is 2. The Kier molecular flexibility index (Phi) is 3.83. The van der Waals surface area contributed by atoms with E-state index in [2.05, 4.69) is 0 Å². The third-order valence-corrected chi connectivity index (χ3v) is 2.64. The van der Waals surface area contributed by atoms with Gasteiger partial charge in [-0.1, -0.05) is 6.07 Å². The largest absolute Gasteiger partial charge is 0.497 e. The van der Waals surface area contributed by atoms with Crippen LogP contribution in [0.4, 0.5) is 4.79 Å². The lowest BCUT2D eigenvalue weighted by Crippen LogP contribution is -2.15. The molecule has 0 spiro atoms. The molecule has 0 bridgehead atoms. The molecular weight excluding hydrogens is 198 g/mol. The van der Waals surface area contributed by atoms with Crippen molar-refractivity contribution in [1.29, 1.82) is 0 Å². The summed E-state index contributed by atoms with van der Waals surface area (Å²) in [4.78, 5) is 13.8. The van der Waals surface area contributed by atoms with E-state index in [0.717, 1.165) is 10.6 Å². The van der Waals surface area contributed by atoms with Crippen LogP contribution < -0.4 is 4.74 Å². The van der Waals surface area contributed by atoms with Gasteiger partial charge in [-0.2, -0.15) is 0 Å². The molecule has 3 nitrogen and oxygen atoms in total. The Labute approximate surface area is 88.0 Å². The van der Waals surface area contributed by atoms with Gasteiger partial charge in [0, 0.05) is 19.0 Å². The normalized spacial score (nSPS) is 9.64. The molecule has 1 aromatic carbocycles. The Hall–Kier alpha value is -1.16. The molecule has 76 valence electrons. The average molecular weight is 211 g/mol. The Bertz CT molecular complexity index is 326. The van der Waals surface area contributed by atoms with Gasteiger partial charge in [0.25, 0.3) is 5.24 Å². The van der Waals surface area contributed by atoms with Crippen molar-refractivity contribution in [3.63, 3.8) is 0 Å². The van der Waals surface area contributed by atoms with Crippen LogP contribution in [0.2, 0.25) is 0 Å². The zero-order chi connectivity index (χ0) is 10.6. The molecule has 1 amide bonds. The lowest BCUT2D eigenvalue weighted by molar-refractivity contribution is 0.241. The molecule has 0 radical (unpaired) electrons. The van der Waals surface area contributed by atoms with Gasteiger partial charge in [-0.25, -0.2) is 0 Å². The van der Waals surface area contributed by atoms with Crippen LogP contribution in [-0.2, 0) is 0 Å². The minimum atomic E-state index is 0.0123. The van der Waals surface area contributed by atoms with Crippen molar-refractivity contribution in [2.75, 3.05) is 21.2 Å². The number of carbonyl (C=O) groups excluding carboxylic acids is 1. The fourth-order valence-electron chi connectivity index (χ4n) is 0.857. The molecule has 0 atom stereocenters. The Morgan fingerprint density at radius 2 is 2.14 bits per heavy atom. The predicted octanol–water partition coefficient (Wildman–Crippen LogP) is 2.47. The smallest absolute Gasteiger partial charge is 0.285 e. The van der Waals surface area contributed by atoms with Gasteiger partial charge < -0.3 is 9.64 Å². The molecule has 4 heteroatoms. The first-order valence-corrected chi connectivity index (χ1v) is 4.98. The Balaban J connectivity index is 2.72. The molecule has 1 rings (SSSR count). The van der Waals surface area contributed by atoms with Crippen molar-refractivity contribution in [3.05, 3.63) is 24.3 Å². The van der Waals surface area contributed by atoms with Gasteiger partial charge in [0.2, 0.25) is 0 Å². The quantitative estimate of drug-likeness (QED) is 0.704. The predicted molar refractivity (Wildman–Crippen MR) is 57.9 cm³/mol. The molecule has 0 heterocycles. The number of nitrogens with zero attached hydrogens (tertiary/aromatic N) is 1. The van der Waals surface area contributed by atoms with Crippen LogP contribution in [0.1, 0.15) is 0 Å². The first-order valence-electron chi connectivity index (χ1n) is 4.16. The van der Waals surface area contributed by atoms with Gasteiger partial charge in [0.15, 0.2) is 0 Å². The van der Waals surface area contributed by atoms with E-state index < -0.39 is 0 Å². The summed E-state index contributed by atoms with van der Waals surface area (Å²) < 4.78 is 5.06. The van der Waals surface area contributed by atoms with E-state index in [1.165, 1.54) is 11.8 Å². The summed E-state index contributed by atoms with van der Waals surface area (Å²) in [5, 5.41) is 0.0123. The fraction of sp³-hybridized carbons (Fsp3) is 0.300. The molecule has 1 aromatic rings. The van der Waals surface area contributed by atoms with Crippen molar-refractivity contribution in [1.82, 2.24) is 4.90 Å². The number of thioether (sulfide) groups is 1. The maximum atomic E-state index is 11.4. The number of hydrogen-bond acceptors (Lipinski definition) is 3. The lowest BCUT2D eigenvalue weighted by atomic mass is 10.3. The highest BCUT2D eigenvalue weighted by Gasteiger charge is 2.06. The summed E-state index contributed by atoms with van der Waals surface area (Å²) >= 11 is 1.19. The van der Waals surface area contributed by atoms with E-state index in [0.29, 0.717) is 0 Å². The molecule has 0 aliphatic carbocycles. The van der Waals surface area contributed by atoms with E-state index in [4.69, 9.17) is 4.74 Å². The van der Waals surface area contributed by atoms with E-state index >= 15 is 0 Å². The highest BCUT2D eigenvalue weighted by Crippen LogP contribution is 2.24. The summed E-state index contributed by atoms with van der Waals surface area (Å²) in [6, 6.07) is 7.44. The van der Waals surface area contributed by atoms with Crippen molar-refractivity contribution in [2.45, 2.75) is 4.90 Å². The van der Waals surface area contributed by atoms with E-state index in [1.54, 1.807) is 26.1 Å². The Morgan fingerprint density at radius 3 is 2.71 bits per heavy atom. The van der Waals surface area contributed by atoms with Gasteiger partial charge in [-0.05, 0) is 30.0 Å². The SMILES string of the molecule is COc1cccc(SC(=O)N(C)C)c1. The third kappa shape index (κ3) is 2.96. The van der Waals surface area contributed by atoms with E-state index in [-0.39, 0.29) is 5.24 Å². The highest BCUT2D eigenvalue weighted by atomic mass is 32.2. The minimum Gasteiger partial charge on any atom is -0.497 e. The minimum absolute atomic E-state index is 0.0123. The first-order chi connectivity index (χ1) is 6.63. The second kappa shape index (κ2) is 4.91. The molecule has 0 fully saturated rings. The van der Waals surface area contributed by atoms with Gasteiger partial charge in [-0.3, -0.25) is 4.79 Å². The summed E-state index contributed by atoms with van der Waals surface area (Å²) in [5.74, 6) is 0.765. The van der Waals surface area contributed by atoms with E-state index in [1.807, 2.05) is 24.3 Å². The molecule has 0 aliphatic rings. The second-order valence-electron chi connectivity index (χ2n) is 2.94. The van der Waals surface area contributed by atoms with Gasteiger partial charge in [0.05, 0.1) is 7.11 Å². The third-order valence-electron chi connectivity index (χ3n) is 1.61. The van der Waals surface area contributed by atoms with Crippen LogP contribution in [0, 0.1) is 0 Å². The van der Waals surface area contributed by atoms with E-state index in [9.17, 15) is 4.79 Å². The zero-order valence-electron chi connectivity index (χ0n) is 8.48. The van der Waals surface area contributed by atoms with Crippen molar-refractivity contribution in [3.8, 4) is 5.75 Å². The first kappa shape index (κ1) is 10.9. The molecule has 0 saturated heterocycles. The molecule has 14 heavy (non-hydrogen) atoms. The Morgan fingerprint density at radius 1 is 1.43 bits per heavy atom. The van der Waals surface area contributed by atoms with Crippen molar-refractivity contribution >= 4 is 17.0 Å². The zero-order valence-corrected chi connectivity index (χ0v) is 9.30. The van der Waals surface area contributed by atoms with Crippen LogP contribution in [-0.4, -0.2) is 31.3 Å². The van der Waals surface area contributed by atoms with Crippen molar-refractivity contribution in [2.24, 2.45) is 0 Å². The molecule has 0 unspecified atom stereocenters. The van der Waals surface area contributed by atoms with Gasteiger partial charge in [0.1, 0.15) is 5.75 Å². The van der Waals surface area contributed by atoms with Gasteiger partial charge >= 0.3 is 0 Å². The second-order valence-corrected chi connectivity index (χ2v) is 3.97. The summed E-state index contributed by atoms with van der Waals surface area (Å²) in [7, 11) is 5.07. The topological polar surface area (TPSA) is 29.5 Å². The molecule has 0 saturated carbocycles. The van der Waals surface area contributed by atoms with Crippen LogP contribution in [0.25, 0.3) is 0 Å². The summed E-state index contributed by atoms with van der Waals surface area (Å²) in [6.45, 7) is 0. The van der Waals surface area contributed by atoms with Crippen LogP contribution in [0.15, 0.2) is 29.2 Å². The number of hydrogen-bond donors (Lipinski definition) is 0. The molecular formula is C10H13NO2S. The maximum Gasteiger partial charge on any atom is 0.285 e. The van der Waals surface area contributed by atoms with Crippen LogP contribution in [0.3, 0.4) is 0 Å². The molecule has 0 aliphatic heterocycles. The monoisotopic (exact) mass is 211 g/mol. The molecule has 0 N–H and O–H groups in total. The highest BCUT2D eigenvalue weighted by molar-refractivity contribution is 8.13. The number of benzene rings is 1. The average Bonchev–Trinajstić information content (AvgIpc) is 2.18. The van der Waals surface area contributed by atoms with Crippen LogP contribution >= 0.6 is 11.8 Å². The summed E-state index contributed by atoms with van der Waals surface area (Å²) in [5.41, 5.74) is 0. The summed E-state index contributed by atoms with van der Waals surface area (Å²) in [6.07, 6.45) is 0. The standard InChI is InChI=1S/C10H13NO2S/c1-11(2)10(12)14-9-6-4-5-8(7-9)13-3/h4-7H,1-3H3. The fourth-order valence-corrected chi connectivity index (χ4v) is 1.56. The maximum absolute atomic E-state index is 11.4. The number of carbonyl (C=O) groups is 1. The number of ether oxygens (including phenoxy) is 1. The van der Waals surface area contributed by atoms with Crippen LogP contribution in [0.5, 0.6) is 5.75 Å². The number of methoxy groups -OCH3 is 1. The molecule has 0 aromatic heterocycles. The number of amides is 1.